The van der Waals surface area contributed by atoms with Gasteiger partial charge in [0.25, 0.3) is 0 Å². The van der Waals surface area contributed by atoms with E-state index < -0.39 is 70.2 Å². The summed E-state index contributed by atoms with van der Waals surface area (Å²) in [5.41, 5.74) is -0.816. The summed E-state index contributed by atoms with van der Waals surface area (Å²) in [6, 6.07) is 15.7. The van der Waals surface area contributed by atoms with Gasteiger partial charge in [-0.3, -0.25) is 9.59 Å². The predicted octanol–water partition coefficient (Wildman–Crippen LogP) is 5.71. The highest BCUT2D eigenvalue weighted by atomic mass is 16.6. The summed E-state index contributed by atoms with van der Waals surface area (Å²) in [6.07, 6.45) is 1.30. The molecule has 282 valence electrons. The average molecular weight is 755 g/mol. The molecule has 1 aromatic heterocycles. The van der Waals surface area contributed by atoms with Gasteiger partial charge in [-0.05, 0) is 37.6 Å². The van der Waals surface area contributed by atoms with Gasteiger partial charge in [0.05, 0.1) is 30.7 Å². The van der Waals surface area contributed by atoms with Crippen LogP contribution in [0, 0.1) is 13.8 Å². The summed E-state index contributed by atoms with van der Waals surface area (Å²) in [5.74, 6) is -6.79. The number of para-hydroxylation sites is 1. The van der Waals surface area contributed by atoms with E-state index in [2.05, 4.69) is 0 Å². The number of carbonyl (C=O) groups is 5. The van der Waals surface area contributed by atoms with Gasteiger partial charge in [-0.1, -0.05) is 36.4 Å². The lowest BCUT2D eigenvalue weighted by atomic mass is 10.0. The topological polar surface area (TPSA) is 243 Å². The minimum atomic E-state index is -1.60. The second-order valence-corrected chi connectivity index (χ2v) is 11.5. The number of carbonyl (C=O) groups excluding carboxylic acids is 3. The van der Waals surface area contributed by atoms with Crippen molar-refractivity contribution in [1.82, 2.24) is 0 Å². The van der Waals surface area contributed by atoms with Gasteiger partial charge in [-0.2, -0.15) is 0 Å². The Bertz CT molecular complexity index is 2480. The highest BCUT2D eigenvalue weighted by Gasteiger charge is 2.36. The maximum absolute atomic E-state index is 12.9. The quantitative estimate of drug-likeness (QED) is 0.0609. The Morgan fingerprint density at radius 2 is 1.56 bits per heavy atom. The van der Waals surface area contributed by atoms with Gasteiger partial charge in [0.2, 0.25) is 11.2 Å². The number of phenolic OH excluding ortho intramolecular Hbond substituents is 1. The van der Waals surface area contributed by atoms with E-state index in [-0.39, 0.29) is 39.9 Å². The van der Waals surface area contributed by atoms with Gasteiger partial charge >= 0.3 is 23.9 Å². The molecule has 0 bridgehead atoms. The molecular formula is C39H30O16. The molecule has 0 aliphatic carbocycles. The lowest BCUT2D eigenvalue weighted by Crippen LogP contribution is -2.13. The van der Waals surface area contributed by atoms with Gasteiger partial charge in [-0.15, -0.1) is 0 Å². The Morgan fingerprint density at radius 3 is 2.18 bits per heavy atom. The second-order valence-electron chi connectivity index (χ2n) is 11.5. The molecule has 0 spiro atoms. The van der Waals surface area contributed by atoms with E-state index in [1.54, 1.807) is 25.3 Å². The third kappa shape index (κ3) is 7.50. The van der Waals surface area contributed by atoms with Crippen LogP contribution in [0.4, 0.5) is 0 Å². The Labute approximate surface area is 309 Å². The number of methoxy groups -OCH3 is 2. The number of aliphatic carboxylic acids is 1. The van der Waals surface area contributed by atoms with E-state index in [1.807, 2.05) is 30.3 Å². The lowest BCUT2D eigenvalue weighted by Gasteiger charge is -2.18. The highest BCUT2D eigenvalue weighted by Crippen LogP contribution is 2.50. The Kier molecular flexibility index (Phi) is 11.2. The number of benzene rings is 4. The summed E-state index contributed by atoms with van der Waals surface area (Å²) < 4.78 is 32.4. The molecule has 16 heteroatoms. The molecule has 0 fully saturated rings. The van der Waals surface area contributed by atoms with Gasteiger partial charge in [0.15, 0.2) is 40.6 Å². The Morgan fingerprint density at radius 1 is 0.855 bits per heavy atom. The fraction of sp³-hybridized carbons (Fsp3) is 0.128. The van der Waals surface area contributed by atoms with Crippen molar-refractivity contribution in [1.29, 1.82) is 0 Å². The molecule has 0 unspecified atom stereocenters. The van der Waals surface area contributed by atoms with Crippen molar-refractivity contribution in [3.05, 3.63) is 110 Å². The summed E-state index contributed by atoms with van der Waals surface area (Å²) in [6.45, 7) is 1.83. The standard InChI is InChI=1S/C22H16O12.C17H14O4/c1-8-5-12(24)10(6-23)19-15(8)22(31)34-20-11(7-32-14(27)4-3-13(25)26)17(28)16(21(29)30)9(2)18(20)33-19;1-19-13-10-6-9-12-14(18)17(20-2)15(21-16(12)13)11-7-4-3-5-8-11/h3-6,24,28H,7H2,1-2H3,(H,25,26)(H,29,30);3-10H,1-2H3. The van der Waals surface area contributed by atoms with Crippen LogP contribution in [0.15, 0.2) is 76.0 Å². The van der Waals surface area contributed by atoms with Gasteiger partial charge < -0.3 is 48.5 Å². The molecule has 5 aromatic rings. The van der Waals surface area contributed by atoms with E-state index in [9.17, 15) is 44.1 Å². The first-order chi connectivity index (χ1) is 26.2. The third-order valence-corrected chi connectivity index (χ3v) is 8.17. The highest BCUT2D eigenvalue weighted by molar-refractivity contribution is 6.03. The van der Waals surface area contributed by atoms with Crippen LogP contribution in [-0.4, -0.2) is 64.8 Å². The van der Waals surface area contributed by atoms with Crippen LogP contribution in [0.2, 0.25) is 0 Å². The molecule has 1 aliphatic heterocycles. The number of phenols is 2. The second kappa shape index (κ2) is 16.0. The Balaban J connectivity index is 0.000000235. The number of carboxylic acids is 2. The number of esters is 2. The first-order valence-corrected chi connectivity index (χ1v) is 15.9. The van der Waals surface area contributed by atoms with Gasteiger partial charge in [0, 0.05) is 23.3 Å². The van der Waals surface area contributed by atoms with Crippen molar-refractivity contribution in [3.63, 3.8) is 0 Å². The molecule has 2 heterocycles. The van der Waals surface area contributed by atoms with Crippen LogP contribution < -0.4 is 24.4 Å². The fourth-order valence-corrected chi connectivity index (χ4v) is 5.62. The maximum Gasteiger partial charge on any atom is 0.347 e. The first-order valence-electron chi connectivity index (χ1n) is 15.9. The normalized spacial score (nSPS) is 11.5. The number of hydrogen-bond donors (Lipinski definition) is 4. The zero-order chi connectivity index (χ0) is 40.1. The molecule has 0 atom stereocenters. The van der Waals surface area contributed by atoms with Crippen molar-refractivity contribution >= 4 is 41.1 Å². The molecule has 0 radical (unpaired) electrons. The van der Waals surface area contributed by atoms with E-state index >= 15 is 0 Å². The summed E-state index contributed by atoms with van der Waals surface area (Å²) in [5, 5.41) is 39.3. The molecule has 6 rings (SSSR count). The van der Waals surface area contributed by atoms with Crippen LogP contribution in [0.25, 0.3) is 22.3 Å². The van der Waals surface area contributed by atoms with Gasteiger partial charge in [-0.25, -0.2) is 19.2 Å². The number of carboxylic acid groups (broad SMARTS) is 2. The summed E-state index contributed by atoms with van der Waals surface area (Å²) in [7, 11) is 3.01. The predicted molar refractivity (Wildman–Crippen MR) is 191 cm³/mol. The molecule has 4 N–H and O–H groups in total. The van der Waals surface area contributed by atoms with Crippen molar-refractivity contribution in [2.75, 3.05) is 14.2 Å². The first kappa shape index (κ1) is 38.6. The van der Waals surface area contributed by atoms with Crippen molar-refractivity contribution < 1.29 is 72.5 Å². The van der Waals surface area contributed by atoms with Crippen molar-refractivity contribution in [2.45, 2.75) is 20.5 Å². The van der Waals surface area contributed by atoms with E-state index in [4.69, 9.17) is 33.2 Å². The van der Waals surface area contributed by atoms with Crippen LogP contribution in [-0.2, 0) is 20.9 Å². The van der Waals surface area contributed by atoms with E-state index in [1.165, 1.54) is 21.0 Å². The minimum absolute atomic E-state index is 0.169. The largest absolute Gasteiger partial charge is 0.507 e. The maximum atomic E-state index is 12.9. The number of hydrogen-bond acceptors (Lipinski definition) is 14. The zero-order valence-electron chi connectivity index (χ0n) is 29.3. The summed E-state index contributed by atoms with van der Waals surface area (Å²) in [4.78, 5) is 71.2. The number of aromatic carboxylic acids is 1. The number of ether oxygens (including phenoxy) is 5. The zero-order valence-corrected chi connectivity index (χ0v) is 29.3. The molecule has 4 aromatic carbocycles. The minimum Gasteiger partial charge on any atom is -0.507 e. The van der Waals surface area contributed by atoms with E-state index in [0.29, 0.717) is 34.6 Å². The molecule has 1 aliphatic rings. The average Bonchev–Trinajstić information content (AvgIpc) is 3.30. The smallest absolute Gasteiger partial charge is 0.347 e. The molecule has 0 saturated heterocycles. The van der Waals surface area contributed by atoms with Crippen LogP contribution >= 0.6 is 0 Å². The number of fused-ring (bicyclic) bond motifs is 3. The van der Waals surface area contributed by atoms with Crippen LogP contribution in [0.1, 0.15) is 47.8 Å². The van der Waals surface area contributed by atoms with Crippen LogP contribution in [0.3, 0.4) is 0 Å². The summed E-state index contributed by atoms with van der Waals surface area (Å²) >= 11 is 0. The van der Waals surface area contributed by atoms with Crippen LogP contribution in [0.5, 0.6) is 40.2 Å². The molecule has 16 nitrogen and oxygen atoms in total. The fourth-order valence-electron chi connectivity index (χ4n) is 5.62. The third-order valence-electron chi connectivity index (χ3n) is 8.17. The molecule has 0 saturated carbocycles. The number of aryl methyl sites for hydroxylation is 1. The van der Waals surface area contributed by atoms with Crippen molar-refractivity contribution in [3.8, 4) is 51.6 Å². The molecular weight excluding hydrogens is 724 g/mol. The molecule has 0 amide bonds. The monoisotopic (exact) mass is 754 g/mol. The molecule has 55 heavy (non-hydrogen) atoms. The SMILES string of the molecule is COc1c(-c2ccccc2)oc2c(OC)cccc2c1=O.Cc1cc(O)c(C=O)c2c1C(=O)Oc1c(COC(=O)C=CC(=O)O)c(O)c(C(=O)O)c(C)c1O2. The number of aromatic hydroxyl groups is 2. The number of rotatable bonds is 9. The Hall–Kier alpha value is -7.62. The lowest BCUT2D eigenvalue weighted by molar-refractivity contribution is -0.139. The number of aldehydes is 1. The van der Waals surface area contributed by atoms with Crippen molar-refractivity contribution in [2.24, 2.45) is 0 Å². The van der Waals surface area contributed by atoms with Gasteiger partial charge in [0.1, 0.15) is 29.2 Å². The van der Waals surface area contributed by atoms with E-state index in [0.717, 1.165) is 11.6 Å².